The van der Waals surface area contributed by atoms with E-state index in [2.05, 4.69) is 20.3 Å². The van der Waals surface area contributed by atoms with Crippen molar-refractivity contribution < 1.29 is 4.74 Å². The van der Waals surface area contributed by atoms with Crippen LogP contribution in [0.25, 0.3) is 0 Å². The van der Waals surface area contributed by atoms with E-state index in [-0.39, 0.29) is 0 Å². The maximum atomic E-state index is 6.03. The summed E-state index contributed by atoms with van der Waals surface area (Å²) in [7, 11) is 0. The molecular weight excluding hydrogens is 254 g/mol. The molecule has 2 rings (SSSR count). The van der Waals surface area contributed by atoms with E-state index in [1.165, 1.54) is 0 Å². The van der Waals surface area contributed by atoms with Gasteiger partial charge in [-0.3, -0.25) is 4.98 Å². The topological polar surface area (TPSA) is 86.0 Å². The number of rotatable bonds is 6. The highest BCUT2D eigenvalue weighted by Crippen LogP contribution is 2.26. The van der Waals surface area contributed by atoms with Crippen LogP contribution in [0.15, 0.2) is 24.5 Å². The van der Waals surface area contributed by atoms with Crippen LogP contribution >= 0.6 is 0 Å². The van der Waals surface area contributed by atoms with Gasteiger partial charge in [0.25, 0.3) is 0 Å². The third-order valence-electron chi connectivity index (χ3n) is 2.65. The molecule has 20 heavy (non-hydrogen) atoms. The van der Waals surface area contributed by atoms with Gasteiger partial charge in [-0.1, -0.05) is 13.0 Å². The molecule has 0 aromatic carbocycles. The number of pyridine rings is 1. The van der Waals surface area contributed by atoms with Crippen molar-refractivity contribution in [1.29, 1.82) is 0 Å². The standard InChI is InChI=1S/C14H19N5O/c1-3-7-20-14-12(15)13(18-10(2)19-14)17-9-11-5-4-6-16-8-11/h4-6,8H,3,7,9,15H2,1-2H3,(H,17,18,19). The molecular formula is C14H19N5O. The van der Waals surface area contributed by atoms with Crippen LogP contribution in [0, 0.1) is 6.92 Å². The van der Waals surface area contributed by atoms with Crippen LogP contribution < -0.4 is 15.8 Å². The van der Waals surface area contributed by atoms with Crippen LogP contribution in [0.3, 0.4) is 0 Å². The van der Waals surface area contributed by atoms with Gasteiger partial charge in [0.1, 0.15) is 11.5 Å². The van der Waals surface area contributed by atoms with Crippen molar-refractivity contribution in [3.8, 4) is 5.88 Å². The molecule has 0 saturated heterocycles. The summed E-state index contributed by atoms with van der Waals surface area (Å²) in [5, 5.41) is 3.19. The van der Waals surface area contributed by atoms with Crippen LogP contribution in [-0.2, 0) is 6.54 Å². The fourth-order valence-electron chi connectivity index (χ4n) is 1.69. The van der Waals surface area contributed by atoms with Crippen molar-refractivity contribution in [3.05, 3.63) is 35.9 Å². The largest absolute Gasteiger partial charge is 0.476 e. The van der Waals surface area contributed by atoms with Crippen molar-refractivity contribution in [2.24, 2.45) is 0 Å². The molecule has 6 heteroatoms. The highest BCUT2D eigenvalue weighted by Gasteiger charge is 2.11. The van der Waals surface area contributed by atoms with Gasteiger partial charge in [-0.25, -0.2) is 4.98 Å². The smallest absolute Gasteiger partial charge is 0.242 e. The molecule has 106 valence electrons. The van der Waals surface area contributed by atoms with E-state index in [9.17, 15) is 0 Å². The lowest BCUT2D eigenvalue weighted by Gasteiger charge is -2.12. The lowest BCUT2D eigenvalue weighted by Crippen LogP contribution is -2.10. The van der Waals surface area contributed by atoms with Gasteiger partial charge in [0.15, 0.2) is 5.82 Å². The number of aromatic nitrogens is 3. The summed E-state index contributed by atoms with van der Waals surface area (Å²) in [5.74, 6) is 1.65. The lowest BCUT2D eigenvalue weighted by atomic mass is 10.3. The maximum absolute atomic E-state index is 6.03. The highest BCUT2D eigenvalue weighted by atomic mass is 16.5. The minimum Gasteiger partial charge on any atom is -0.476 e. The first kappa shape index (κ1) is 14.0. The Hall–Kier alpha value is -2.37. The second-order valence-electron chi connectivity index (χ2n) is 4.40. The zero-order valence-corrected chi connectivity index (χ0v) is 11.8. The number of hydrogen-bond acceptors (Lipinski definition) is 6. The molecule has 2 aromatic rings. The summed E-state index contributed by atoms with van der Waals surface area (Å²) in [5.41, 5.74) is 7.52. The van der Waals surface area contributed by atoms with Gasteiger partial charge in [-0.2, -0.15) is 4.98 Å². The Kier molecular flexibility index (Phi) is 4.70. The Balaban J connectivity index is 2.12. The first-order valence-corrected chi connectivity index (χ1v) is 6.60. The Morgan fingerprint density at radius 2 is 2.20 bits per heavy atom. The molecule has 0 unspecified atom stereocenters. The van der Waals surface area contributed by atoms with Gasteiger partial charge in [-0.05, 0) is 25.0 Å². The third kappa shape index (κ3) is 3.57. The van der Waals surface area contributed by atoms with E-state index < -0.39 is 0 Å². The van der Waals surface area contributed by atoms with Crippen molar-refractivity contribution in [3.63, 3.8) is 0 Å². The lowest BCUT2D eigenvalue weighted by molar-refractivity contribution is 0.306. The number of anilines is 2. The second kappa shape index (κ2) is 6.70. The molecule has 2 heterocycles. The Labute approximate surface area is 118 Å². The monoisotopic (exact) mass is 273 g/mol. The third-order valence-corrected chi connectivity index (χ3v) is 2.65. The molecule has 0 fully saturated rings. The average Bonchev–Trinajstić information content (AvgIpc) is 2.47. The molecule has 6 nitrogen and oxygen atoms in total. The van der Waals surface area contributed by atoms with Crippen LogP contribution in [0.1, 0.15) is 24.7 Å². The molecule has 0 aliphatic carbocycles. The minimum atomic E-state index is 0.438. The fraction of sp³-hybridized carbons (Fsp3) is 0.357. The molecule has 2 aromatic heterocycles. The van der Waals surface area contributed by atoms with Crippen LogP contribution in [0.4, 0.5) is 11.5 Å². The quantitative estimate of drug-likeness (QED) is 0.838. The van der Waals surface area contributed by atoms with E-state index in [1.54, 1.807) is 12.4 Å². The van der Waals surface area contributed by atoms with Crippen LogP contribution in [-0.4, -0.2) is 21.6 Å². The first-order valence-electron chi connectivity index (χ1n) is 6.60. The SMILES string of the molecule is CCCOc1nc(C)nc(NCc2cccnc2)c1N. The summed E-state index contributed by atoms with van der Waals surface area (Å²) in [6, 6.07) is 3.88. The number of nitrogen functional groups attached to an aromatic ring is 1. The van der Waals surface area contributed by atoms with Crippen molar-refractivity contribution in [2.45, 2.75) is 26.8 Å². The summed E-state index contributed by atoms with van der Waals surface area (Å²) in [4.78, 5) is 12.6. The highest BCUT2D eigenvalue weighted by molar-refractivity contribution is 5.66. The van der Waals surface area contributed by atoms with Crippen molar-refractivity contribution >= 4 is 11.5 Å². The first-order chi connectivity index (χ1) is 9.70. The Morgan fingerprint density at radius 1 is 1.35 bits per heavy atom. The van der Waals surface area contributed by atoms with Gasteiger partial charge >= 0.3 is 0 Å². The van der Waals surface area contributed by atoms with E-state index in [0.29, 0.717) is 36.4 Å². The summed E-state index contributed by atoms with van der Waals surface area (Å²) >= 11 is 0. The number of nitrogens with one attached hydrogen (secondary N) is 1. The van der Waals surface area contributed by atoms with Gasteiger partial charge in [-0.15, -0.1) is 0 Å². The zero-order valence-electron chi connectivity index (χ0n) is 11.8. The fourth-order valence-corrected chi connectivity index (χ4v) is 1.69. The number of ether oxygens (including phenoxy) is 1. The molecule has 0 bridgehead atoms. The number of nitrogens with zero attached hydrogens (tertiary/aromatic N) is 3. The van der Waals surface area contributed by atoms with Gasteiger partial charge < -0.3 is 15.8 Å². The Morgan fingerprint density at radius 3 is 2.90 bits per heavy atom. The van der Waals surface area contributed by atoms with Crippen LogP contribution in [0.2, 0.25) is 0 Å². The Bertz CT molecular complexity index is 559. The average molecular weight is 273 g/mol. The summed E-state index contributed by atoms with van der Waals surface area (Å²) in [6.07, 6.45) is 4.44. The predicted molar refractivity (Wildman–Crippen MR) is 78.5 cm³/mol. The molecule has 0 spiro atoms. The van der Waals surface area contributed by atoms with E-state index in [4.69, 9.17) is 10.5 Å². The normalized spacial score (nSPS) is 10.3. The molecule has 3 N–H and O–H groups in total. The van der Waals surface area contributed by atoms with Gasteiger partial charge in [0.2, 0.25) is 5.88 Å². The molecule has 0 aliphatic heterocycles. The molecule has 0 atom stereocenters. The van der Waals surface area contributed by atoms with Crippen LogP contribution in [0.5, 0.6) is 5.88 Å². The van der Waals surface area contributed by atoms with Crippen molar-refractivity contribution in [2.75, 3.05) is 17.7 Å². The second-order valence-corrected chi connectivity index (χ2v) is 4.40. The summed E-state index contributed by atoms with van der Waals surface area (Å²) < 4.78 is 5.53. The number of nitrogens with two attached hydrogens (primary N) is 1. The van der Waals surface area contributed by atoms with Gasteiger partial charge in [0.05, 0.1) is 6.61 Å². The van der Waals surface area contributed by atoms with E-state index in [1.807, 2.05) is 26.0 Å². The zero-order chi connectivity index (χ0) is 14.4. The van der Waals surface area contributed by atoms with E-state index in [0.717, 1.165) is 12.0 Å². The molecule has 0 aliphatic rings. The minimum absolute atomic E-state index is 0.438. The predicted octanol–water partition coefficient (Wildman–Crippen LogP) is 2.16. The number of aryl methyl sites for hydroxylation is 1. The van der Waals surface area contributed by atoms with Gasteiger partial charge in [0, 0.05) is 18.9 Å². The molecule has 0 saturated carbocycles. The van der Waals surface area contributed by atoms with Crippen molar-refractivity contribution in [1.82, 2.24) is 15.0 Å². The molecule has 0 amide bonds. The number of hydrogen-bond donors (Lipinski definition) is 2. The maximum Gasteiger partial charge on any atom is 0.242 e. The summed E-state index contributed by atoms with van der Waals surface area (Å²) in [6.45, 7) is 5.03. The van der Waals surface area contributed by atoms with E-state index >= 15 is 0 Å². The molecule has 0 radical (unpaired) electrons.